The van der Waals surface area contributed by atoms with Gasteiger partial charge < -0.3 is 32.4 Å². The van der Waals surface area contributed by atoms with Crippen LogP contribution in [0, 0.1) is 0 Å². The zero-order valence-electron chi connectivity index (χ0n) is 15.4. The first-order valence-electron chi connectivity index (χ1n) is 8.94. The highest BCUT2D eigenvalue weighted by Crippen LogP contribution is 2.21. The molecule has 2 aromatic rings. The predicted octanol–water partition coefficient (Wildman–Crippen LogP) is 2.24. The van der Waals surface area contributed by atoms with Crippen molar-refractivity contribution in [3.05, 3.63) is 48.5 Å². The number of rotatable bonds is 10. The molecule has 2 rings (SSSR count). The monoisotopic (exact) mass is 360 g/mol. The van der Waals surface area contributed by atoms with Gasteiger partial charge >= 0.3 is 0 Å². The third kappa shape index (κ3) is 10.0. The summed E-state index contributed by atoms with van der Waals surface area (Å²) in [5.74, 6) is 0. The molecule has 6 heteroatoms. The Morgan fingerprint density at radius 1 is 0.538 bits per heavy atom. The van der Waals surface area contributed by atoms with Gasteiger partial charge in [-0.2, -0.15) is 0 Å². The molecule has 0 saturated carbocycles. The fourth-order valence-electron chi connectivity index (χ4n) is 2.04. The van der Waals surface area contributed by atoms with Crippen molar-refractivity contribution >= 4 is 11.4 Å². The molecule has 6 nitrogen and oxygen atoms in total. The van der Waals surface area contributed by atoms with Crippen molar-refractivity contribution in [2.24, 2.45) is 11.5 Å². The number of benzene rings is 2. The van der Waals surface area contributed by atoms with E-state index in [0.717, 1.165) is 48.6 Å². The number of hydrogen-bond donors (Lipinski definition) is 4. The van der Waals surface area contributed by atoms with E-state index in [2.05, 4.69) is 0 Å². The molecule has 0 fully saturated rings. The van der Waals surface area contributed by atoms with Gasteiger partial charge in [0.1, 0.15) is 0 Å². The molecule has 0 aliphatic rings. The lowest BCUT2D eigenvalue weighted by Gasteiger charge is -2.03. The smallest absolute Gasteiger partial charge is 0.0700 e. The normalized spacial score (nSPS) is 10.2. The van der Waals surface area contributed by atoms with Gasteiger partial charge in [0.05, 0.1) is 13.2 Å². The van der Waals surface area contributed by atoms with Gasteiger partial charge in [-0.25, -0.2) is 0 Å². The Morgan fingerprint density at radius 3 is 1.19 bits per heavy atom. The Morgan fingerprint density at radius 2 is 0.885 bits per heavy atom. The topological polar surface area (TPSA) is 123 Å². The summed E-state index contributed by atoms with van der Waals surface area (Å²) < 4.78 is 10.4. The van der Waals surface area contributed by atoms with Crippen LogP contribution in [0.2, 0.25) is 0 Å². The summed E-state index contributed by atoms with van der Waals surface area (Å²) in [6.45, 7) is 4.16. The van der Waals surface area contributed by atoms with Crippen LogP contribution in [0.3, 0.4) is 0 Å². The van der Waals surface area contributed by atoms with Crippen LogP contribution in [0.1, 0.15) is 12.8 Å². The molecule has 0 spiro atoms. The van der Waals surface area contributed by atoms with E-state index in [1.807, 2.05) is 48.5 Å². The van der Waals surface area contributed by atoms with Crippen LogP contribution in [-0.2, 0) is 9.47 Å². The molecule has 8 N–H and O–H groups in total. The lowest BCUT2D eigenvalue weighted by Crippen LogP contribution is -2.10. The van der Waals surface area contributed by atoms with Crippen LogP contribution < -0.4 is 22.9 Å². The molecule has 0 bridgehead atoms. The number of ether oxygens (including phenoxy) is 2. The predicted molar refractivity (Wildman–Crippen MR) is 110 cm³/mol. The molecular weight excluding hydrogens is 328 g/mol. The number of anilines is 2. The zero-order chi connectivity index (χ0) is 19.0. The highest BCUT2D eigenvalue weighted by atomic mass is 16.5. The van der Waals surface area contributed by atoms with Gasteiger partial charge in [0.25, 0.3) is 0 Å². The molecule has 0 heterocycles. The maximum Gasteiger partial charge on any atom is 0.0700 e. The summed E-state index contributed by atoms with van der Waals surface area (Å²) in [5.41, 5.74) is 25.7. The summed E-state index contributed by atoms with van der Waals surface area (Å²) in [4.78, 5) is 0. The van der Waals surface area contributed by atoms with E-state index < -0.39 is 0 Å². The van der Waals surface area contributed by atoms with Crippen LogP contribution >= 0.6 is 0 Å². The summed E-state index contributed by atoms with van der Waals surface area (Å²) in [5, 5.41) is 0. The van der Waals surface area contributed by atoms with Gasteiger partial charge in [0, 0.05) is 24.6 Å². The van der Waals surface area contributed by atoms with E-state index in [-0.39, 0.29) is 0 Å². The third-order valence-electron chi connectivity index (χ3n) is 3.51. The maximum absolute atomic E-state index is 5.61. The summed E-state index contributed by atoms with van der Waals surface area (Å²) in [6, 6.07) is 15.6. The molecule has 0 saturated heterocycles. The van der Waals surface area contributed by atoms with E-state index in [1.54, 1.807) is 0 Å². The van der Waals surface area contributed by atoms with E-state index in [1.165, 1.54) is 0 Å². The number of nitrogen functional groups attached to an aromatic ring is 2. The van der Waals surface area contributed by atoms with Gasteiger partial charge in [-0.05, 0) is 61.3 Å². The molecule has 0 atom stereocenters. The van der Waals surface area contributed by atoms with Crippen molar-refractivity contribution in [3.8, 4) is 11.1 Å². The van der Waals surface area contributed by atoms with E-state index in [9.17, 15) is 0 Å². The summed E-state index contributed by atoms with van der Waals surface area (Å²) >= 11 is 0. The molecule has 0 aliphatic carbocycles. The van der Waals surface area contributed by atoms with Crippen LogP contribution in [-0.4, -0.2) is 39.5 Å². The Balaban J connectivity index is 0.000000265. The third-order valence-corrected chi connectivity index (χ3v) is 3.51. The lowest BCUT2D eigenvalue weighted by molar-refractivity contribution is 0.0471. The fraction of sp³-hybridized carbons (Fsp3) is 0.400. The van der Waals surface area contributed by atoms with Gasteiger partial charge in [-0.3, -0.25) is 0 Å². The molecule has 0 unspecified atom stereocenters. The van der Waals surface area contributed by atoms with E-state index in [4.69, 9.17) is 32.4 Å². The Bertz CT molecular complexity index is 520. The van der Waals surface area contributed by atoms with Crippen LogP contribution in [0.5, 0.6) is 0 Å². The van der Waals surface area contributed by atoms with Gasteiger partial charge in [0.15, 0.2) is 0 Å². The van der Waals surface area contributed by atoms with E-state index >= 15 is 0 Å². The number of nitrogens with two attached hydrogens (primary N) is 4. The van der Waals surface area contributed by atoms with Gasteiger partial charge in [0.2, 0.25) is 0 Å². The Kier molecular flexibility index (Phi) is 11.9. The molecule has 0 aliphatic heterocycles. The summed E-state index contributed by atoms with van der Waals surface area (Å²) in [7, 11) is 0. The minimum Gasteiger partial charge on any atom is -0.399 e. The minimum absolute atomic E-state index is 0.657. The molecular formula is C20H32N4O2. The molecule has 26 heavy (non-hydrogen) atoms. The summed E-state index contributed by atoms with van der Waals surface area (Å²) in [6.07, 6.45) is 1.84. The van der Waals surface area contributed by atoms with Crippen molar-refractivity contribution in [3.63, 3.8) is 0 Å². The average molecular weight is 361 g/mol. The van der Waals surface area contributed by atoms with Crippen molar-refractivity contribution in [2.75, 3.05) is 51.0 Å². The standard InChI is InChI=1S/C12H12N2.C8H20N2O2/c13-11-5-1-9(2-6-11)10-3-7-12(14)8-4-10;9-3-1-5-11-7-8-12-6-2-4-10/h1-8H,13-14H2;1-10H2. The molecule has 0 radical (unpaired) electrons. The second-order valence-electron chi connectivity index (χ2n) is 5.75. The molecule has 0 amide bonds. The zero-order valence-corrected chi connectivity index (χ0v) is 15.4. The second kappa shape index (κ2) is 14.1. The second-order valence-corrected chi connectivity index (χ2v) is 5.75. The average Bonchev–Trinajstić information content (AvgIpc) is 2.66. The Labute approximate surface area is 156 Å². The van der Waals surface area contributed by atoms with Crippen LogP contribution in [0.25, 0.3) is 11.1 Å². The SMILES string of the molecule is NCCCOCCOCCCN.Nc1ccc(-c2ccc(N)cc2)cc1. The van der Waals surface area contributed by atoms with Crippen molar-refractivity contribution in [2.45, 2.75) is 12.8 Å². The quantitative estimate of drug-likeness (QED) is 0.381. The van der Waals surface area contributed by atoms with Crippen LogP contribution in [0.4, 0.5) is 11.4 Å². The highest BCUT2D eigenvalue weighted by molar-refractivity contribution is 5.67. The first kappa shape index (κ1) is 21.9. The minimum atomic E-state index is 0.657. The first-order valence-corrected chi connectivity index (χ1v) is 8.94. The van der Waals surface area contributed by atoms with Crippen LogP contribution in [0.15, 0.2) is 48.5 Å². The fourth-order valence-corrected chi connectivity index (χ4v) is 2.04. The maximum atomic E-state index is 5.61. The molecule has 144 valence electrons. The van der Waals surface area contributed by atoms with Crippen molar-refractivity contribution < 1.29 is 9.47 Å². The number of hydrogen-bond acceptors (Lipinski definition) is 6. The van der Waals surface area contributed by atoms with Crippen molar-refractivity contribution in [1.82, 2.24) is 0 Å². The van der Waals surface area contributed by atoms with Gasteiger partial charge in [-0.1, -0.05) is 24.3 Å². The lowest BCUT2D eigenvalue weighted by atomic mass is 10.1. The highest BCUT2D eigenvalue weighted by Gasteiger charge is 1.96. The van der Waals surface area contributed by atoms with Gasteiger partial charge in [-0.15, -0.1) is 0 Å². The Hall–Kier alpha value is -2.12. The largest absolute Gasteiger partial charge is 0.399 e. The van der Waals surface area contributed by atoms with Crippen molar-refractivity contribution in [1.29, 1.82) is 0 Å². The van der Waals surface area contributed by atoms with E-state index in [0.29, 0.717) is 26.3 Å². The molecule has 0 aromatic heterocycles. The molecule has 2 aromatic carbocycles. The first-order chi connectivity index (χ1) is 12.7.